The van der Waals surface area contributed by atoms with Crippen LogP contribution in [0.3, 0.4) is 0 Å². The van der Waals surface area contributed by atoms with Gasteiger partial charge in [0.2, 0.25) is 0 Å². The van der Waals surface area contributed by atoms with Gasteiger partial charge in [-0.3, -0.25) is 0 Å². The SMILES string of the molecule is O[CH]c1cccc(C2CC2)c1OC(F)(F)F. The van der Waals surface area contributed by atoms with Gasteiger partial charge in [-0.05, 0) is 24.3 Å². The number of hydrogen-bond donors (Lipinski definition) is 1. The summed E-state index contributed by atoms with van der Waals surface area (Å²) in [5.74, 6) is -0.155. The molecule has 0 aromatic heterocycles. The second kappa shape index (κ2) is 3.97. The van der Waals surface area contributed by atoms with Crippen LogP contribution in [0.4, 0.5) is 13.2 Å². The van der Waals surface area contributed by atoms with Crippen molar-refractivity contribution in [2.75, 3.05) is 0 Å². The average Bonchev–Trinajstić information content (AvgIpc) is 2.99. The predicted molar refractivity (Wildman–Crippen MR) is 50.4 cm³/mol. The molecule has 0 saturated heterocycles. The molecule has 0 aliphatic heterocycles. The van der Waals surface area contributed by atoms with Crippen LogP contribution in [0.5, 0.6) is 5.75 Å². The van der Waals surface area contributed by atoms with E-state index in [2.05, 4.69) is 4.74 Å². The largest absolute Gasteiger partial charge is 0.573 e. The third-order valence-electron chi connectivity index (χ3n) is 2.45. The van der Waals surface area contributed by atoms with Gasteiger partial charge in [0.05, 0.1) is 0 Å². The normalized spacial score (nSPS) is 16.2. The van der Waals surface area contributed by atoms with E-state index in [0.717, 1.165) is 12.8 Å². The van der Waals surface area contributed by atoms with Gasteiger partial charge in [-0.25, -0.2) is 0 Å². The minimum atomic E-state index is -4.73. The molecule has 0 atom stereocenters. The molecule has 5 heteroatoms. The fraction of sp³-hybridized carbons (Fsp3) is 0.364. The van der Waals surface area contributed by atoms with Gasteiger partial charge >= 0.3 is 6.36 Å². The minimum Gasteiger partial charge on any atom is -0.405 e. The Labute approximate surface area is 90.7 Å². The van der Waals surface area contributed by atoms with E-state index in [4.69, 9.17) is 5.11 Å². The zero-order valence-electron chi connectivity index (χ0n) is 8.29. The number of ether oxygens (including phenoxy) is 1. The van der Waals surface area contributed by atoms with Crippen LogP contribution in [-0.2, 0) is 0 Å². The maximum atomic E-state index is 12.2. The molecule has 0 bridgehead atoms. The number of hydrogen-bond acceptors (Lipinski definition) is 2. The van der Waals surface area contributed by atoms with Crippen LogP contribution in [-0.4, -0.2) is 11.5 Å². The van der Waals surface area contributed by atoms with E-state index in [9.17, 15) is 13.2 Å². The van der Waals surface area contributed by atoms with E-state index in [0.29, 0.717) is 12.2 Å². The zero-order valence-corrected chi connectivity index (χ0v) is 8.29. The monoisotopic (exact) mass is 231 g/mol. The Balaban J connectivity index is 2.37. The van der Waals surface area contributed by atoms with Gasteiger partial charge in [-0.15, -0.1) is 13.2 Å². The Morgan fingerprint density at radius 1 is 1.31 bits per heavy atom. The van der Waals surface area contributed by atoms with E-state index < -0.39 is 6.36 Å². The lowest BCUT2D eigenvalue weighted by molar-refractivity contribution is -0.275. The van der Waals surface area contributed by atoms with Crippen molar-refractivity contribution in [2.45, 2.75) is 25.1 Å². The minimum absolute atomic E-state index is 0.0572. The summed E-state index contributed by atoms with van der Waals surface area (Å²) in [6.07, 6.45) is -3.01. The van der Waals surface area contributed by atoms with Crippen molar-refractivity contribution in [3.05, 3.63) is 35.9 Å². The first-order valence-corrected chi connectivity index (χ1v) is 4.87. The van der Waals surface area contributed by atoms with Crippen LogP contribution >= 0.6 is 0 Å². The molecule has 0 heterocycles. The quantitative estimate of drug-likeness (QED) is 0.864. The summed E-state index contributed by atoms with van der Waals surface area (Å²) in [5, 5.41) is 8.87. The maximum absolute atomic E-state index is 12.2. The predicted octanol–water partition coefficient (Wildman–Crippen LogP) is 3.34. The van der Waals surface area contributed by atoms with Gasteiger partial charge in [-0.2, -0.15) is 0 Å². The first-order chi connectivity index (χ1) is 7.51. The van der Waals surface area contributed by atoms with Crippen molar-refractivity contribution in [2.24, 2.45) is 0 Å². The van der Waals surface area contributed by atoms with Crippen LogP contribution in [0.25, 0.3) is 0 Å². The number of aliphatic hydroxyl groups is 1. The third kappa shape index (κ3) is 2.47. The number of aliphatic hydroxyl groups excluding tert-OH is 1. The molecule has 2 nitrogen and oxygen atoms in total. The Hall–Kier alpha value is -1.23. The lowest BCUT2D eigenvalue weighted by atomic mass is 10.1. The van der Waals surface area contributed by atoms with E-state index in [1.54, 1.807) is 12.1 Å². The number of benzene rings is 1. The maximum Gasteiger partial charge on any atom is 0.573 e. The van der Waals surface area contributed by atoms with Gasteiger partial charge < -0.3 is 9.84 Å². The zero-order chi connectivity index (χ0) is 11.8. The Bertz CT molecular complexity index is 383. The molecule has 1 aromatic rings. The first-order valence-electron chi connectivity index (χ1n) is 4.87. The van der Waals surface area contributed by atoms with Crippen molar-refractivity contribution in [3.63, 3.8) is 0 Å². The smallest absolute Gasteiger partial charge is 0.405 e. The van der Waals surface area contributed by atoms with Crippen LogP contribution in [0.1, 0.15) is 29.9 Å². The Morgan fingerprint density at radius 3 is 2.50 bits per heavy atom. The molecule has 1 aliphatic rings. The van der Waals surface area contributed by atoms with Crippen LogP contribution in [0, 0.1) is 6.61 Å². The van der Waals surface area contributed by atoms with Crippen molar-refractivity contribution < 1.29 is 23.0 Å². The molecule has 87 valence electrons. The van der Waals surface area contributed by atoms with Crippen molar-refractivity contribution in [3.8, 4) is 5.75 Å². The summed E-state index contributed by atoms with van der Waals surface area (Å²) in [6, 6.07) is 4.59. The number of rotatable bonds is 3. The molecule has 16 heavy (non-hydrogen) atoms. The molecule has 0 spiro atoms. The van der Waals surface area contributed by atoms with Gasteiger partial charge in [-0.1, -0.05) is 18.2 Å². The topological polar surface area (TPSA) is 29.5 Å². The molecule has 1 radical (unpaired) electrons. The Kier molecular flexibility index (Phi) is 2.80. The molecule has 1 fully saturated rings. The van der Waals surface area contributed by atoms with E-state index in [-0.39, 0.29) is 17.2 Å². The highest BCUT2D eigenvalue weighted by Crippen LogP contribution is 2.46. The van der Waals surface area contributed by atoms with Crippen LogP contribution in [0.15, 0.2) is 18.2 Å². The number of para-hydroxylation sites is 1. The van der Waals surface area contributed by atoms with Gasteiger partial charge in [0.25, 0.3) is 0 Å². The molecule has 1 aromatic carbocycles. The van der Waals surface area contributed by atoms with Crippen LogP contribution in [0.2, 0.25) is 0 Å². The summed E-state index contributed by atoms with van der Waals surface area (Å²) in [5.41, 5.74) is 0.571. The van der Waals surface area contributed by atoms with Gasteiger partial charge in [0.1, 0.15) is 12.4 Å². The van der Waals surface area contributed by atoms with Crippen molar-refractivity contribution >= 4 is 0 Å². The molecule has 1 saturated carbocycles. The summed E-state index contributed by atoms with van der Waals surface area (Å²) in [6.45, 7) is 0.632. The molecule has 1 aliphatic carbocycles. The lowest BCUT2D eigenvalue weighted by Crippen LogP contribution is -2.19. The number of alkyl halides is 3. The second-order valence-corrected chi connectivity index (χ2v) is 3.72. The second-order valence-electron chi connectivity index (χ2n) is 3.72. The average molecular weight is 231 g/mol. The molecule has 0 amide bonds. The molecule has 2 rings (SSSR count). The highest BCUT2D eigenvalue weighted by Gasteiger charge is 2.36. The van der Waals surface area contributed by atoms with E-state index in [1.165, 1.54) is 6.07 Å². The van der Waals surface area contributed by atoms with Crippen molar-refractivity contribution in [1.82, 2.24) is 0 Å². The summed E-state index contributed by atoms with van der Waals surface area (Å²) in [7, 11) is 0. The van der Waals surface area contributed by atoms with E-state index in [1.807, 2.05) is 0 Å². The fourth-order valence-corrected chi connectivity index (χ4v) is 1.62. The Morgan fingerprint density at radius 2 is 2.00 bits per heavy atom. The molecular weight excluding hydrogens is 221 g/mol. The third-order valence-corrected chi connectivity index (χ3v) is 2.45. The summed E-state index contributed by atoms with van der Waals surface area (Å²) < 4.78 is 40.6. The van der Waals surface area contributed by atoms with Gasteiger partial charge in [0, 0.05) is 5.56 Å². The highest BCUT2D eigenvalue weighted by molar-refractivity contribution is 5.47. The van der Waals surface area contributed by atoms with Crippen LogP contribution < -0.4 is 4.74 Å². The number of halogens is 3. The van der Waals surface area contributed by atoms with E-state index >= 15 is 0 Å². The van der Waals surface area contributed by atoms with Crippen molar-refractivity contribution in [1.29, 1.82) is 0 Å². The standard InChI is InChI=1S/C11H10F3O2/c12-11(13,14)16-10-8(6-15)2-1-3-9(10)7-4-5-7/h1-3,6-7,15H,4-5H2. The molecule has 1 N–H and O–H groups in total. The fourth-order valence-electron chi connectivity index (χ4n) is 1.62. The first kappa shape index (κ1) is 11.3. The molecular formula is C11H10F3O2. The van der Waals surface area contributed by atoms with Gasteiger partial charge in [0.15, 0.2) is 0 Å². The molecule has 0 unspecified atom stereocenters. The highest BCUT2D eigenvalue weighted by atomic mass is 19.4. The lowest BCUT2D eigenvalue weighted by Gasteiger charge is -2.15. The summed E-state index contributed by atoms with van der Waals surface area (Å²) >= 11 is 0. The summed E-state index contributed by atoms with van der Waals surface area (Å²) in [4.78, 5) is 0.